The minimum atomic E-state index is -0.0586. The first-order valence-corrected chi connectivity index (χ1v) is 8.72. The van der Waals surface area contributed by atoms with Crippen LogP contribution in [-0.2, 0) is 13.2 Å². The summed E-state index contributed by atoms with van der Waals surface area (Å²) in [6.07, 6.45) is 0. The van der Waals surface area contributed by atoms with Crippen molar-refractivity contribution in [2.24, 2.45) is 0 Å². The fraction of sp³-hybridized carbons (Fsp3) is 0.0870. The molecule has 0 saturated carbocycles. The van der Waals surface area contributed by atoms with Crippen molar-refractivity contribution in [3.8, 4) is 22.4 Å². The molecular formula is C23H20N2O. The first kappa shape index (κ1) is 16.3. The Kier molecular flexibility index (Phi) is 4.63. The van der Waals surface area contributed by atoms with Crippen molar-refractivity contribution < 1.29 is 5.11 Å². The van der Waals surface area contributed by atoms with Gasteiger partial charge in [0.15, 0.2) is 0 Å². The molecule has 0 aliphatic rings. The first-order chi connectivity index (χ1) is 12.9. The van der Waals surface area contributed by atoms with Crippen LogP contribution in [0.1, 0.15) is 11.3 Å². The maximum atomic E-state index is 10.1. The predicted octanol–water partition coefficient (Wildman–Crippen LogP) is 4.76. The van der Waals surface area contributed by atoms with Gasteiger partial charge in [-0.3, -0.25) is 4.68 Å². The van der Waals surface area contributed by atoms with E-state index in [0.717, 1.165) is 33.6 Å². The summed E-state index contributed by atoms with van der Waals surface area (Å²) in [6, 6.07) is 30.5. The van der Waals surface area contributed by atoms with Crippen LogP contribution in [0.4, 0.5) is 0 Å². The van der Waals surface area contributed by atoms with Crippen molar-refractivity contribution in [3.05, 3.63) is 102 Å². The molecular weight excluding hydrogens is 320 g/mol. The van der Waals surface area contributed by atoms with E-state index in [1.54, 1.807) is 0 Å². The molecule has 0 spiro atoms. The number of nitrogens with zero attached hydrogens (tertiary/aromatic N) is 2. The van der Waals surface area contributed by atoms with Gasteiger partial charge in [-0.25, -0.2) is 0 Å². The van der Waals surface area contributed by atoms with Crippen molar-refractivity contribution in [2.75, 3.05) is 0 Å². The fourth-order valence-electron chi connectivity index (χ4n) is 3.25. The van der Waals surface area contributed by atoms with E-state index in [-0.39, 0.29) is 6.61 Å². The summed E-state index contributed by atoms with van der Waals surface area (Å²) in [7, 11) is 0. The molecule has 3 aromatic carbocycles. The van der Waals surface area contributed by atoms with Crippen LogP contribution in [0.3, 0.4) is 0 Å². The number of aliphatic hydroxyl groups is 1. The molecule has 0 radical (unpaired) electrons. The van der Waals surface area contributed by atoms with Crippen molar-refractivity contribution in [1.29, 1.82) is 0 Å². The van der Waals surface area contributed by atoms with Gasteiger partial charge in [0, 0.05) is 11.1 Å². The Morgan fingerprint density at radius 1 is 0.692 bits per heavy atom. The predicted molar refractivity (Wildman–Crippen MR) is 105 cm³/mol. The van der Waals surface area contributed by atoms with Gasteiger partial charge < -0.3 is 5.11 Å². The average Bonchev–Trinajstić information content (AvgIpc) is 3.08. The highest BCUT2D eigenvalue weighted by Crippen LogP contribution is 2.34. The molecule has 26 heavy (non-hydrogen) atoms. The number of rotatable bonds is 5. The Morgan fingerprint density at radius 3 is 1.81 bits per heavy atom. The lowest BCUT2D eigenvalue weighted by molar-refractivity contribution is 0.269. The zero-order chi connectivity index (χ0) is 17.8. The minimum absolute atomic E-state index is 0.0586. The third-order valence-electron chi connectivity index (χ3n) is 4.49. The topological polar surface area (TPSA) is 38.1 Å². The zero-order valence-corrected chi connectivity index (χ0v) is 14.4. The van der Waals surface area contributed by atoms with Crippen molar-refractivity contribution in [3.63, 3.8) is 0 Å². The summed E-state index contributed by atoms with van der Waals surface area (Å²) in [5.41, 5.74) is 6.00. The smallest absolute Gasteiger partial charge is 0.101 e. The molecule has 0 bridgehead atoms. The lowest BCUT2D eigenvalue weighted by atomic mass is 9.99. The highest BCUT2D eigenvalue weighted by atomic mass is 16.3. The fourth-order valence-corrected chi connectivity index (χ4v) is 3.25. The molecule has 1 N–H and O–H groups in total. The average molecular weight is 340 g/mol. The second-order valence-electron chi connectivity index (χ2n) is 6.20. The number of aliphatic hydroxyl groups excluding tert-OH is 1. The van der Waals surface area contributed by atoms with Crippen LogP contribution in [0.15, 0.2) is 91.0 Å². The molecule has 4 aromatic rings. The van der Waals surface area contributed by atoms with Crippen LogP contribution in [0.5, 0.6) is 0 Å². The van der Waals surface area contributed by atoms with Crippen LogP contribution in [0.25, 0.3) is 22.4 Å². The SMILES string of the molecule is OCc1c(-c2ccccc2)c(-c2ccccc2)nn1Cc1ccccc1. The molecule has 3 heteroatoms. The second-order valence-corrected chi connectivity index (χ2v) is 6.20. The molecule has 1 heterocycles. The molecule has 0 unspecified atom stereocenters. The van der Waals surface area contributed by atoms with E-state index in [0.29, 0.717) is 6.54 Å². The molecule has 0 atom stereocenters. The number of benzene rings is 3. The van der Waals surface area contributed by atoms with Crippen LogP contribution in [0, 0.1) is 0 Å². The Morgan fingerprint density at radius 2 is 1.23 bits per heavy atom. The van der Waals surface area contributed by atoms with E-state index in [4.69, 9.17) is 5.10 Å². The molecule has 0 aliphatic carbocycles. The van der Waals surface area contributed by atoms with E-state index < -0.39 is 0 Å². The minimum Gasteiger partial charge on any atom is -0.390 e. The molecule has 0 aliphatic heterocycles. The third-order valence-corrected chi connectivity index (χ3v) is 4.49. The van der Waals surface area contributed by atoms with Gasteiger partial charge in [-0.1, -0.05) is 91.0 Å². The Hall–Kier alpha value is -3.17. The van der Waals surface area contributed by atoms with E-state index in [9.17, 15) is 5.11 Å². The third kappa shape index (κ3) is 3.17. The molecule has 0 fully saturated rings. The maximum Gasteiger partial charge on any atom is 0.101 e. The van der Waals surface area contributed by atoms with Crippen LogP contribution >= 0.6 is 0 Å². The highest BCUT2D eigenvalue weighted by Gasteiger charge is 2.20. The van der Waals surface area contributed by atoms with Crippen LogP contribution in [-0.4, -0.2) is 14.9 Å². The molecule has 0 amide bonds. The summed E-state index contributed by atoms with van der Waals surface area (Å²) in [6.45, 7) is 0.570. The zero-order valence-electron chi connectivity index (χ0n) is 14.4. The van der Waals surface area contributed by atoms with Gasteiger partial charge in [0.1, 0.15) is 5.69 Å². The Labute approximate surface area is 153 Å². The highest BCUT2D eigenvalue weighted by molar-refractivity contribution is 5.82. The summed E-state index contributed by atoms with van der Waals surface area (Å²) >= 11 is 0. The van der Waals surface area contributed by atoms with Crippen molar-refractivity contribution in [2.45, 2.75) is 13.2 Å². The van der Waals surface area contributed by atoms with Gasteiger partial charge >= 0.3 is 0 Å². The lowest BCUT2D eigenvalue weighted by Gasteiger charge is -2.08. The molecule has 3 nitrogen and oxygen atoms in total. The monoisotopic (exact) mass is 340 g/mol. The summed E-state index contributed by atoms with van der Waals surface area (Å²) in [5, 5.41) is 15.0. The van der Waals surface area contributed by atoms with Crippen LogP contribution < -0.4 is 0 Å². The summed E-state index contributed by atoms with van der Waals surface area (Å²) in [5.74, 6) is 0. The van der Waals surface area contributed by atoms with E-state index in [1.807, 2.05) is 59.3 Å². The molecule has 4 rings (SSSR count). The number of hydrogen-bond acceptors (Lipinski definition) is 2. The quantitative estimate of drug-likeness (QED) is 0.569. The van der Waals surface area contributed by atoms with E-state index >= 15 is 0 Å². The summed E-state index contributed by atoms with van der Waals surface area (Å²) < 4.78 is 1.92. The second kappa shape index (κ2) is 7.38. The first-order valence-electron chi connectivity index (χ1n) is 8.72. The van der Waals surface area contributed by atoms with Gasteiger partial charge in [0.2, 0.25) is 0 Å². The van der Waals surface area contributed by atoms with Gasteiger partial charge in [-0.15, -0.1) is 0 Å². The normalized spacial score (nSPS) is 10.8. The van der Waals surface area contributed by atoms with Gasteiger partial charge in [0.25, 0.3) is 0 Å². The van der Waals surface area contributed by atoms with Gasteiger partial charge in [0.05, 0.1) is 18.8 Å². The van der Waals surface area contributed by atoms with Gasteiger partial charge in [-0.05, 0) is 11.1 Å². The number of aromatic nitrogens is 2. The summed E-state index contributed by atoms with van der Waals surface area (Å²) in [4.78, 5) is 0. The van der Waals surface area contributed by atoms with Crippen LogP contribution in [0.2, 0.25) is 0 Å². The van der Waals surface area contributed by atoms with E-state index in [2.05, 4.69) is 36.4 Å². The lowest BCUT2D eigenvalue weighted by Crippen LogP contribution is -2.06. The number of hydrogen-bond donors (Lipinski definition) is 1. The maximum absolute atomic E-state index is 10.1. The van der Waals surface area contributed by atoms with Crippen molar-refractivity contribution >= 4 is 0 Å². The largest absolute Gasteiger partial charge is 0.390 e. The van der Waals surface area contributed by atoms with Gasteiger partial charge in [-0.2, -0.15) is 5.10 Å². The molecule has 128 valence electrons. The standard InChI is InChI=1S/C23H20N2O/c26-17-21-22(19-12-6-2-7-13-19)23(20-14-8-3-9-15-20)24-25(21)16-18-10-4-1-5-11-18/h1-15,26H,16-17H2. The molecule has 0 saturated heterocycles. The Balaban J connectivity index is 1.90. The van der Waals surface area contributed by atoms with Crippen molar-refractivity contribution in [1.82, 2.24) is 9.78 Å². The molecule has 1 aromatic heterocycles. The Bertz CT molecular complexity index is 977. The van der Waals surface area contributed by atoms with E-state index in [1.165, 1.54) is 0 Å².